The van der Waals surface area contributed by atoms with Gasteiger partial charge in [0.25, 0.3) is 0 Å². The van der Waals surface area contributed by atoms with E-state index >= 15 is 0 Å². The van der Waals surface area contributed by atoms with E-state index in [9.17, 15) is 14.4 Å². The molecule has 0 bridgehead atoms. The molecule has 0 spiro atoms. The summed E-state index contributed by atoms with van der Waals surface area (Å²) in [5.41, 5.74) is 0. The van der Waals surface area contributed by atoms with E-state index < -0.39 is 9.05 Å². The first-order valence-electron chi connectivity index (χ1n) is 1.81. The highest BCUT2D eigenvalue weighted by Gasteiger charge is 1.76. The normalized spacial score (nSPS) is 12.0. The van der Waals surface area contributed by atoms with Crippen LogP contribution in [0.2, 0.25) is 0 Å². The third kappa shape index (κ3) is 6.06. The molecule has 0 aromatic rings. The van der Waals surface area contributed by atoms with Crippen LogP contribution in [-0.4, -0.2) is 15.7 Å². The summed E-state index contributed by atoms with van der Waals surface area (Å²) in [5.74, 6) is 0. The van der Waals surface area contributed by atoms with Gasteiger partial charge in [0.15, 0.2) is 0 Å². The van der Waals surface area contributed by atoms with E-state index in [-0.39, 0.29) is 6.61 Å². The minimum atomic E-state index is -4.91. The topological polar surface area (TPSA) is 78.4 Å². The van der Waals surface area contributed by atoms with Crippen LogP contribution in [0.1, 0.15) is 6.92 Å². The van der Waals surface area contributed by atoms with Gasteiger partial charge in [-0.15, -0.1) is 9.05 Å². The number of hydrogen-bond donors (Lipinski definition) is 0. The summed E-state index contributed by atoms with van der Waals surface area (Å²) in [6.07, 6.45) is 0. The van der Waals surface area contributed by atoms with Gasteiger partial charge >= 0.3 is 0 Å². The fourth-order valence-corrected chi connectivity index (χ4v) is 0.530. The summed E-state index contributed by atoms with van der Waals surface area (Å²) >= 11 is 0. The summed E-state index contributed by atoms with van der Waals surface area (Å²) in [4.78, 5) is 28.5. The van der Waals surface area contributed by atoms with Gasteiger partial charge in [-0.3, -0.25) is 0 Å². The molecule has 0 aromatic heterocycles. The molecule has 0 saturated heterocycles. The summed E-state index contributed by atoms with van der Waals surface area (Å²) in [6, 6.07) is 0. The molecule has 4 nitrogen and oxygen atoms in total. The van der Waals surface area contributed by atoms with Crippen LogP contribution in [0.3, 0.4) is 0 Å². The molecule has 0 aliphatic heterocycles. The minimum Gasteiger partial charge on any atom is -0.861 e. The molecule has 0 heterocycles. The van der Waals surface area contributed by atoms with Crippen LogP contribution in [-0.2, 0) is 4.43 Å². The summed E-state index contributed by atoms with van der Waals surface area (Å²) in [7, 11) is -4.91. The number of rotatable bonds is 2. The highest BCUT2D eigenvalue weighted by atomic mass is 28.4. The molecule has 0 unspecified atom stereocenters. The lowest BCUT2D eigenvalue weighted by molar-refractivity contribution is -0.541. The van der Waals surface area contributed by atoms with Crippen molar-refractivity contribution in [2.75, 3.05) is 6.61 Å². The maximum atomic E-state index is 9.51. The monoisotopic (exact) mass is 121 g/mol. The van der Waals surface area contributed by atoms with Crippen LogP contribution >= 0.6 is 0 Å². The lowest BCUT2D eigenvalue weighted by atomic mass is 10.9. The van der Waals surface area contributed by atoms with E-state index in [0.717, 1.165) is 0 Å². The van der Waals surface area contributed by atoms with E-state index in [2.05, 4.69) is 4.43 Å². The van der Waals surface area contributed by atoms with Crippen molar-refractivity contribution in [3.8, 4) is 0 Å². The molecule has 0 rings (SSSR count). The van der Waals surface area contributed by atoms with Crippen LogP contribution in [0.15, 0.2) is 0 Å². The zero-order valence-corrected chi connectivity index (χ0v) is 4.84. The van der Waals surface area contributed by atoms with Crippen LogP contribution < -0.4 is 14.4 Å². The summed E-state index contributed by atoms with van der Waals surface area (Å²) in [6.45, 7) is 1.37. The quantitative estimate of drug-likeness (QED) is 0.356. The second-order valence-corrected chi connectivity index (χ2v) is 2.22. The molecule has 44 valence electrons. The van der Waals surface area contributed by atoms with E-state index in [4.69, 9.17) is 0 Å². The van der Waals surface area contributed by atoms with Crippen molar-refractivity contribution in [1.29, 1.82) is 0 Å². The van der Waals surface area contributed by atoms with Crippen LogP contribution in [0.4, 0.5) is 0 Å². The van der Waals surface area contributed by atoms with Crippen LogP contribution in [0.25, 0.3) is 0 Å². The standard InChI is InChI=1S/C2H5O4Si/c1-2-6-7(3,4)5/h2H2,1H3/q-3. The largest absolute Gasteiger partial charge is 0.861 e. The van der Waals surface area contributed by atoms with Crippen molar-refractivity contribution in [2.24, 2.45) is 0 Å². The molecule has 0 aromatic carbocycles. The van der Waals surface area contributed by atoms with Gasteiger partial charge in [-0.25, -0.2) is 0 Å². The van der Waals surface area contributed by atoms with Crippen molar-refractivity contribution in [3.05, 3.63) is 0 Å². The van der Waals surface area contributed by atoms with Crippen molar-refractivity contribution in [1.82, 2.24) is 0 Å². The van der Waals surface area contributed by atoms with Crippen molar-refractivity contribution < 1.29 is 18.8 Å². The molecule has 0 fully saturated rings. The molecular formula is C2H5O4Si-3. The van der Waals surface area contributed by atoms with Crippen LogP contribution in [0.5, 0.6) is 0 Å². The fourth-order valence-electron chi connectivity index (χ4n) is 0.177. The van der Waals surface area contributed by atoms with E-state index in [1.165, 1.54) is 6.92 Å². The molecule has 0 radical (unpaired) electrons. The Morgan fingerprint density at radius 3 is 1.86 bits per heavy atom. The smallest absolute Gasteiger partial charge is 0.0254 e. The second-order valence-electron chi connectivity index (χ2n) is 0.933. The van der Waals surface area contributed by atoms with Gasteiger partial charge in [-0.05, 0) is 6.92 Å². The van der Waals surface area contributed by atoms with Crippen molar-refractivity contribution in [2.45, 2.75) is 6.92 Å². The van der Waals surface area contributed by atoms with Gasteiger partial charge in [-0.1, -0.05) is 0 Å². The first-order chi connectivity index (χ1) is 3.06. The predicted molar refractivity (Wildman–Crippen MR) is 17.4 cm³/mol. The Balaban J connectivity index is 3.15. The molecule has 0 aliphatic carbocycles. The third-order valence-electron chi connectivity index (χ3n) is 0.321. The van der Waals surface area contributed by atoms with Gasteiger partial charge in [0.2, 0.25) is 0 Å². The lowest BCUT2D eigenvalue weighted by Crippen LogP contribution is -2.75. The molecule has 5 heteroatoms. The van der Waals surface area contributed by atoms with E-state index in [1.54, 1.807) is 0 Å². The Bertz CT molecular complexity index is 48.1. The summed E-state index contributed by atoms with van der Waals surface area (Å²) in [5, 5.41) is 0. The molecule has 0 N–H and O–H groups in total. The molecule has 0 saturated carbocycles. The van der Waals surface area contributed by atoms with Crippen molar-refractivity contribution >= 4 is 9.05 Å². The molecule has 0 amide bonds. The molecule has 7 heavy (non-hydrogen) atoms. The average molecular weight is 121 g/mol. The second kappa shape index (κ2) is 2.39. The molecule has 0 aliphatic rings. The first-order valence-corrected chi connectivity index (χ1v) is 3.45. The van der Waals surface area contributed by atoms with Gasteiger partial charge < -0.3 is 18.8 Å². The van der Waals surface area contributed by atoms with Gasteiger partial charge in [0.1, 0.15) is 0 Å². The molecular weight excluding hydrogens is 116 g/mol. The van der Waals surface area contributed by atoms with Gasteiger partial charge in [0, 0.05) is 6.61 Å². The van der Waals surface area contributed by atoms with Gasteiger partial charge in [0.05, 0.1) is 0 Å². The fraction of sp³-hybridized carbons (Fsp3) is 1.00. The molecule has 0 atom stereocenters. The van der Waals surface area contributed by atoms with E-state index in [1.807, 2.05) is 0 Å². The average Bonchev–Trinajstić information content (AvgIpc) is 1.30. The first kappa shape index (κ1) is 7.06. The van der Waals surface area contributed by atoms with Crippen LogP contribution in [0, 0.1) is 0 Å². The Morgan fingerprint density at radius 1 is 1.43 bits per heavy atom. The SMILES string of the molecule is CCO[Si]([O-])([O-])[O-]. The zero-order chi connectivity index (χ0) is 5.91. The highest BCUT2D eigenvalue weighted by Crippen LogP contribution is 1.70. The number of hydrogen-bond acceptors (Lipinski definition) is 4. The Hall–Kier alpha value is 0.0569. The Kier molecular flexibility index (Phi) is 2.41. The Morgan fingerprint density at radius 2 is 1.86 bits per heavy atom. The van der Waals surface area contributed by atoms with E-state index in [0.29, 0.717) is 0 Å². The maximum Gasteiger partial charge on any atom is 0.0254 e. The Labute approximate surface area is 42.5 Å². The van der Waals surface area contributed by atoms with Crippen molar-refractivity contribution in [3.63, 3.8) is 0 Å². The zero-order valence-electron chi connectivity index (χ0n) is 3.84. The highest BCUT2D eigenvalue weighted by molar-refractivity contribution is 6.42. The third-order valence-corrected chi connectivity index (χ3v) is 0.963. The minimum absolute atomic E-state index is 0.0667. The lowest BCUT2D eigenvalue weighted by Gasteiger charge is -2.53. The maximum absolute atomic E-state index is 9.51. The predicted octanol–water partition coefficient (Wildman–Crippen LogP) is -3.46. The van der Waals surface area contributed by atoms with Gasteiger partial charge in [-0.2, -0.15) is 0 Å². The summed E-state index contributed by atoms with van der Waals surface area (Å²) < 4.78 is 3.70.